The van der Waals surface area contributed by atoms with Crippen LogP contribution in [0.15, 0.2) is 30.5 Å². The topological polar surface area (TPSA) is 123 Å². The van der Waals surface area contributed by atoms with Crippen LogP contribution in [0.3, 0.4) is 0 Å². The van der Waals surface area contributed by atoms with Crippen molar-refractivity contribution < 1.29 is 21.6 Å². The molecule has 3 aromatic rings. The van der Waals surface area contributed by atoms with Crippen LogP contribution in [0.4, 0.5) is 24.8 Å². The second-order valence-corrected chi connectivity index (χ2v) is 11.0. The Bertz CT molecular complexity index is 1360. The number of aromatic nitrogens is 3. The number of nitrogens with zero attached hydrogens (tertiary/aromatic N) is 3. The lowest BCUT2D eigenvalue weighted by Gasteiger charge is -2.26. The average Bonchev–Trinajstić information content (AvgIpc) is 2.81. The molecule has 0 spiro atoms. The second-order valence-electron chi connectivity index (χ2n) is 9.27. The molecule has 0 unspecified atom stereocenters. The van der Waals surface area contributed by atoms with Gasteiger partial charge in [0.1, 0.15) is 17.1 Å². The minimum absolute atomic E-state index is 0.246. The number of rotatable bonds is 8. The third kappa shape index (κ3) is 6.22. The molecule has 0 radical (unpaired) electrons. The van der Waals surface area contributed by atoms with Gasteiger partial charge in [0.05, 0.1) is 23.1 Å². The number of benzene rings is 1. The van der Waals surface area contributed by atoms with Gasteiger partial charge in [-0.15, -0.1) is 0 Å². The molecule has 0 bridgehead atoms. The zero-order valence-corrected chi connectivity index (χ0v) is 20.9. The Morgan fingerprint density at radius 1 is 1.14 bits per heavy atom. The van der Waals surface area contributed by atoms with Gasteiger partial charge in [-0.1, -0.05) is 13.0 Å². The van der Waals surface area contributed by atoms with Gasteiger partial charge in [0.25, 0.3) is 5.92 Å². The zero-order valence-electron chi connectivity index (χ0n) is 20.1. The maximum atomic E-state index is 14.7. The van der Waals surface area contributed by atoms with Crippen LogP contribution < -0.4 is 15.8 Å². The Morgan fingerprint density at radius 2 is 1.86 bits per heavy atom. The molecule has 36 heavy (non-hydrogen) atoms. The fourth-order valence-corrected chi connectivity index (χ4v) is 5.52. The quantitative estimate of drug-likeness (QED) is 0.395. The Balaban J connectivity index is 1.54. The van der Waals surface area contributed by atoms with Crippen LogP contribution in [0.5, 0.6) is 0 Å². The van der Waals surface area contributed by atoms with Gasteiger partial charge < -0.3 is 11.1 Å². The number of hydrogen-bond acceptors (Lipinski definition) is 7. The first kappa shape index (κ1) is 26.1. The van der Waals surface area contributed by atoms with Crippen LogP contribution in [0.1, 0.15) is 44.6 Å². The van der Waals surface area contributed by atoms with Gasteiger partial charge in [-0.3, -0.25) is 4.72 Å². The van der Waals surface area contributed by atoms with Crippen molar-refractivity contribution >= 4 is 32.7 Å². The highest BCUT2D eigenvalue weighted by molar-refractivity contribution is 7.92. The molecule has 0 atom stereocenters. The number of fused-ring (bicyclic) bond motifs is 1. The van der Waals surface area contributed by atoms with Crippen LogP contribution >= 0.6 is 0 Å². The lowest BCUT2D eigenvalue weighted by Crippen LogP contribution is -2.33. The van der Waals surface area contributed by atoms with E-state index in [2.05, 4.69) is 20.3 Å². The summed E-state index contributed by atoms with van der Waals surface area (Å²) in [5, 5.41) is 3.36. The first-order valence-electron chi connectivity index (χ1n) is 11.8. The molecule has 0 amide bonds. The molecule has 1 aliphatic carbocycles. The lowest BCUT2D eigenvalue weighted by molar-refractivity contribution is 0.0219. The number of aryl methyl sites for hydroxylation is 1. The third-order valence-electron chi connectivity index (χ3n) is 6.29. The van der Waals surface area contributed by atoms with Gasteiger partial charge in [0.15, 0.2) is 0 Å². The Labute approximate surface area is 208 Å². The van der Waals surface area contributed by atoms with E-state index in [1.807, 2.05) is 11.6 Å². The summed E-state index contributed by atoms with van der Waals surface area (Å²) in [5.41, 5.74) is 8.37. The molecule has 2 heterocycles. The number of nitrogens with one attached hydrogen (secondary N) is 2. The lowest BCUT2D eigenvalue weighted by atomic mass is 9.92. The van der Waals surface area contributed by atoms with Gasteiger partial charge in [0, 0.05) is 24.1 Å². The zero-order chi connectivity index (χ0) is 26.1. The fraction of sp³-hybridized carbons (Fsp3) is 0.458. The van der Waals surface area contributed by atoms with E-state index >= 15 is 0 Å². The monoisotopic (exact) mass is 522 g/mol. The van der Waals surface area contributed by atoms with Crippen molar-refractivity contribution in [1.82, 2.24) is 15.0 Å². The Hall–Kier alpha value is -2.99. The maximum absolute atomic E-state index is 14.7. The number of alkyl halides is 2. The molecule has 1 saturated carbocycles. The van der Waals surface area contributed by atoms with Crippen molar-refractivity contribution in [3.05, 3.63) is 41.8 Å². The molecule has 12 heteroatoms. The molecular formula is C24H29F3N6O2S. The van der Waals surface area contributed by atoms with Gasteiger partial charge in [-0.05, 0) is 56.4 Å². The highest BCUT2D eigenvalue weighted by Gasteiger charge is 2.34. The number of anilines is 2. The van der Waals surface area contributed by atoms with E-state index in [0.29, 0.717) is 28.2 Å². The first-order chi connectivity index (χ1) is 16.9. The van der Waals surface area contributed by atoms with E-state index < -0.39 is 39.6 Å². The largest absolute Gasteiger partial charge is 0.351 e. The molecule has 4 rings (SSSR count). The van der Waals surface area contributed by atoms with E-state index in [1.54, 1.807) is 12.3 Å². The van der Waals surface area contributed by atoms with Gasteiger partial charge in [-0.2, -0.15) is 0 Å². The SMILES string of the molecule is CCC(F)(F)CS(=O)(=O)Nc1ccc(-c2cc(C)c3nc(N[C@H]4CC[C@H](N)CC4)ncc3n2)cc1F. The van der Waals surface area contributed by atoms with Crippen molar-refractivity contribution in [2.45, 2.75) is 64.0 Å². The van der Waals surface area contributed by atoms with Crippen molar-refractivity contribution in [3.8, 4) is 11.3 Å². The molecule has 0 aliphatic heterocycles. The first-order valence-corrected chi connectivity index (χ1v) is 13.4. The number of nitrogens with two attached hydrogens (primary N) is 1. The van der Waals surface area contributed by atoms with Crippen molar-refractivity contribution in [3.63, 3.8) is 0 Å². The van der Waals surface area contributed by atoms with Crippen LogP contribution in [0, 0.1) is 12.7 Å². The molecule has 2 aromatic heterocycles. The molecule has 1 fully saturated rings. The molecule has 1 aliphatic rings. The summed E-state index contributed by atoms with van der Waals surface area (Å²) < 4.78 is 67.7. The normalized spacial score (nSPS) is 18.8. The summed E-state index contributed by atoms with van der Waals surface area (Å²) in [7, 11) is -4.44. The van der Waals surface area contributed by atoms with E-state index in [0.717, 1.165) is 37.3 Å². The summed E-state index contributed by atoms with van der Waals surface area (Å²) in [6, 6.07) is 6.02. The summed E-state index contributed by atoms with van der Waals surface area (Å²) >= 11 is 0. The predicted molar refractivity (Wildman–Crippen MR) is 134 cm³/mol. The Kier molecular flexibility index (Phi) is 7.37. The van der Waals surface area contributed by atoms with Crippen LogP contribution in [-0.2, 0) is 10.0 Å². The highest BCUT2D eigenvalue weighted by atomic mass is 32.2. The number of sulfonamides is 1. The van der Waals surface area contributed by atoms with Gasteiger partial charge >= 0.3 is 0 Å². The summed E-state index contributed by atoms with van der Waals surface area (Å²) in [6.07, 6.45) is 4.78. The number of pyridine rings is 1. The minimum Gasteiger partial charge on any atom is -0.351 e. The van der Waals surface area contributed by atoms with Crippen LogP contribution in [0.25, 0.3) is 22.3 Å². The molecule has 0 saturated heterocycles. The third-order valence-corrected chi connectivity index (χ3v) is 7.62. The molecule has 194 valence electrons. The van der Waals surface area contributed by atoms with Crippen LogP contribution in [-0.4, -0.2) is 47.1 Å². The summed E-state index contributed by atoms with van der Waals surface area (Å²) in [4.78, 5) is 13.5. The number of halogens is 3. The van der Waals surface area contributed by atoms with E-state index in [9.17, 15) is 21.6 Å². The highest BCUT2D eigenvalue weighted by Crippen LogP contribution is 2.28. The van der Waals surface area contributed by atoms with Crippen molar-refractivity contribution in [1.29, 1.82) is 0 Å². The minimum atomic E-state index is -4.44. The summed E-state index contributed by atoms with van der Waals surface area (Å²) in [6.45, 7) is 3.04. The molecule has 8 nitrogen and oxygen atoms in total. The van der Waals surface area contributed by atoms with Crippen molar-refractivity contribution in [2.24, 2.45) is 5.73 Å². The molecule has 4 N–H and O–H groups in total. The Morgan fingerprint density at radius 3 is 2.53 bits per heavy atom. The maximum Gasteiger partial charge on any atom is 0.263 e. The van der Waals surface area contributed by atoms with Gasteiger partial charge in [-0.25, -0.2) is 36.5 Å². The van der Waals surface area contributed by atoms with Crippen LogP contribution in [0.2, 0.25) is 0 Å². The van der Waals surface area contributed by atoms with E-state index in [1.165, 1.54) is 19.1 Å². The predicted octanol–water partition coefficient (Wildman–Crippen LogP) is 4.61. The second kappa shape index (κ2) is 10.2. The standard InChI is InChI=1S/C24H29F3N6O2S/c1-3-24(26,27)13-36(34,35)33-19-9-4-15(11-18(19)25)20-10-14(2)22-21(31-20)12-29-23(32-22)30-17-7-5-16(28)6-8-17/h4,9-12,16-17,33H,3,5-8,13,28H2,1-2H3,(H,29,30,32)/t16-,17-. The smallest absolute Gasteiger partial charge is 0.263 e. The molecule has 1 aromatic carbocycles. The van der Waals surface area contributed by atoms with E-state index in [4.69, 9.17) is 5.73 Å². The summed E-state index contributed by atoms with van der Waals surface area (Å²) in [5.74, 6) is -5.22. The number of hydrogen-bond donors (Lipinski definition) is 3. The average molecular weight is 523 g/mol. The van der Waals surface area contributed by atoms with E-state index in [-0.39, 0.29) is 12.1 Å². The fourth-order valence-electron chi connectivity index (χ4n) is 4.19. The van der Waals surface area contributed by atoms with Crippen molar-refractivity contribution in [2.75, 3.05) is 15.8 Å². The van der Waals surface area contributed by atoms with Gasteiger partial charge in [0.2, 0.25) is 16.0 Å². The molecular weight excluding hydrogens is 493 g/mol.